The van der Waals surface area contributed by atoms with E-state index in [4.69, 9.17) is 5.11 Å². The molecule has 0 aliphatic heterocycles. The van der Waals surface area contributed by atoms with Crippen molar-refractivity contribution in [3.63, 3.8) is 0 Å². The number of amides is 1. The third kappa shape index (κ3) is 4.59. The highest BCUT2D eigenvalue weighted by Gasteiger charge is 2.19. The Morgan fingerprint density at radius 2 is 2.05 bits per heavy atom. The van der Waals surface area contributed by atoms with Crippen molar-refractivity contribution in [2.75, 3.05) is 0 Å². The predicted octanol–water partition coefficient (Wildman–Crippen LogP) is 3.15. The number of carboxylic acid groups (broad SMARTS) is 1. The summed E-state index contributed by atoms with van der Waals surface area (Å²) < 4.78 is 0. The van der Waals surface area contributed by atoms with Gasteiger partial charge in [-0.3, -0.25) is 4.79 Å². The molecule has 2 atom stereocenters. The van der Waals surface area contributed by atoms with Crippen molar-refractivity contribution in [3.8, 4) is 0 Å². The fourth-order valence-electron chi connectivity index (χ4n) is 2.07. The molecule has 0 aliphatic rings. The standard InChI is InChI=1S/C14H22N2O3S/c1-5-6-8(2)7-11(17)15-10(4)13-16-9(3)12(20-13)14(18)19/h8,10H,5-7H2,1-4H3,(H,15,17)(H,18,19). The maximum Gasteiger partial charge on any atom is 0.347 e. The van der Waals surface area contributed by atoms with Gasteiger partial charge in [-0.2, -0.15) is 0 Å². The Balaban J connectivity index is 2.62. The molecular weight excluding hydrogens is 276 g/mol. The molecule has 0 spiro atoms. The average Bonchev–Trinajstić information content (AvgIpc) is 2.71. The maximum absolute atomic E-state index is 11.9. The van der Waals surface area contributed by atoms with E-state index >= 15 is 0 Å². The number of carbonyl (C=O) groups is 2. The summed E-state index contributed by atoms with van der Waals surface area (Å²) in [7, 11) is 0. The van der Waals surface area contributed by atoms with Gasteiger partial charge in [-0.05, 0) is 19.8 Å². The molecule has 1 aromatic heterocycles. The van der Waals surface area contributed by atoms with Gasteiger partial charge in [-0.25, -0.2) is 9.78 Å². The van der Waals surface area contributed by atoms with Gasteiger partial charge in [0, 0.05) is 6.42 Å². The molecule has 0 aromatic carbocycles. The number of thiazole rings is 1. The number of nitrogens with one attached hydrogen (secondary N) is 1. The molecule has 2 unspecified atom stereocenters. The number of aryl methyl sites for hydroxylation is 1. The van der Waals surface area contributed by atoms with Crippen LogP contribution in [0, 0.1) is 12.8 Å². The zero-order chi connectivity index (χ0) is 15.3. The summed E-state index contributed by atoms with van der Waals surface area (Å²) in [5, 5.41) is 12.5. The van der Waals surface area contributed by atoms with Gasteiger partial charge in [-0.15, -0.1) is 11.3 Å². The quantitative estimate of drug-likeness (QED) is 0.810. The third-order valence-electron chi connectivity index (χ3n) is 3.07. The van der Waals surface area contributed by atoms with Crippen molar-refractivity contribution in [1.82, 2.24) is 10.3 Å². The van der Waals surface area contributed by atoms with Crippen LogP contribution in [0.4, 0.5) is 0 Å². The zero-order valence-electron chi connectivity index (χ0n) is 12.4. The van der Waals surface area contributed by atoms with Crippen molar-refractivity contribution in [3.05, 3.63) is 15.6 Å². The second-order valence-electron chi connectivity index (χ2n) is 5.16. The first-order chi connectivity index (χ1) is 9.35. The lowest BCUT2D eigenvalue weighted by atomic mass is 10.0. The number of hydrogen-bond donors (Lipinski definition) is 2. The van der Waals surface area contributed by atoms with Crippen LogP contribution in [-0.2, 0) is 4.79 Å². The summed E-state index contributed by atoms with van der Waals surface area (Å²) in [6.07, 6.45) is 2.59. The van der Waals surface area contributed by atoms with Crippen LogP contribution >= 0.6 is 11.3 Å². The number of aromatic carboxylic acids is 1. The van der Waals surface area contributed by atoms with Gasteiger partial charge in [0.15, 0.2) is 0 Å². The molecule has 6 heteroatoms. The van der Waals surface area contributed by atoms with Crippen LogP contribution < -0.4 is 5.32 Å². The smallest absolute Gasteiger partial charge is 0.347 e. The maximum atomic E-state index is 11.9. The van der Waals surface area contributed by atoms with Gasteiger partial charge >= 0.3 is 5.97 Å². The van der Waals surface area contributed by atoms with E-state index in [0.29, 0.717) is 23.0 Å². The minimum atomic E-state index is -0.971. The van der Waals surface area contributed by atoms with Crippen LogP contribution in [0.5, 0.6) is 0 Å². The van der Waals surface area contributed by atoms with Crippen LogP contribution in [0.1, 0.15) is 66.4 Å². The number of carboxylic acids is 1. The Hall–Kier alpha value is -1.43. The van der Waals surface area contributed by atoms with Crippen molar-refractivity contribution in [2.45, 2.75) is 53.0 Å². The van der Waals surface area contributed by atoms with Crippen molar-refractivity contribution < 1.29 is 14.7 Å². The van der Waals surface area contributed by atoms with Gasteiger partial charge < -0.3 is 10.4 Å². The highest BCUT2D eigenvalue weighted by Crippen LogP contribution is 2.23. The minimum absolute atomic E-state index is 0.0109. The summed E-state index contributed by atoms with van der Waals surface area (Å²) >= 11 is 1.12. The molecule has 20 heavy (non-hydrogen) atoms. The predicted molar refractivity (Wildman–Crippen MR) is 79.1 cm³/mol. The lowest BCUT2D eigenvalue weighted by Gasteiger charge is -2.14. The topological polar surface area (TPSA) is 79.3 Å². The summed E-state index contributed by atoms with van der Waals surface area (Å²) in [5.74, 6) is -0.621. The van der Waals surface area contributed by atoms with Crippen molar-refractivity contribution in [1.29, 1.82) is 0 Å². The molecule has 0 fully saturated rings. The van der Waals surface area contributed by atoms with E-state index < -0.39 is 5.97 Å². The zero-order valence-corrected chi connectivity index (χ0v) is 13.2. The molecule has 1 heterocycles. The molecular formula is C14H22N2O3S. The van der Waals surface area contributed by atoms with Crippen molar-refractivity contribution >= 4 is 23.2 Å². The molecule has 1 aromatic rings. The second kappa shape index (κ2) is 7.38. The van der Waals surface area contributed by atoms with Gasteiger partial charge in [0.05, 0.1) is 11.7 Å². The Morgan fingerprint density at radius 3 is 2.55 bits per heavy atom. The number of carbonyl (C=O) groups excluding carboxylic acids is 1. The van der Waals surface area contributed by atoms with E-state index in [9.17, 15) is 9.59 Å². The lowest BCUT2D eigenvalue weighted by Crippen LogP contribution is -2.27. The third-order valence-corrected chi connectivity index (χ3v) is 4.40. The van der Waals surface area contributed by atoms with Gasteiger partial charge in [-0.1, -0.05) is 26.7 Å². The van der Waals surface area contributed by atoms with Crippen molar-refractivity contribution in [2.24, 2.45) is 5.92 Å². The number of rotatable bonds is 7. The first kappa shape index (κ1) is 16.6. The molecule has 1 amide bonds. The molecule has 2 N–H and O–H groups in total. The van der Waals surface area contributed by atoms with Crippen LogP contribution in [0.15, 0.2) is 0 Å². The van der Waals surface area contributed by atoms with E-state index in [1.165, 1.54) is 0 Å². The molecule has 5 nitrogen and oxygen atoms in total. The van der Waals surface area contributed by atoms with Crippen LogP contribution in [0.3, 0.4) is 0 Å². The van der Waals surface area contributed by atoms with Gasteiger partial charge in [0.2, 0.25) is 5.91 Å². The Kier molecular flexibility index (Phi) is 6.13. The summed E-state index contributed by atoms with van der Waals surface area (Å²) in [5.41, 5.74) is 0.498. The van der Waals surface area contributed by atoms with E-state index in [2.05, 4.69) is 24.1 Å². The highest BCUT2D eigenvalue weighted by molar-refractivity contribution is 7.13. The Labute approximate surface area is 123 Å². The second-order valence-corrected chi connectivity index (χ2v) is 6.19. The first-order valence-corrected chi connectivity index (χ1v) is 7.66. The van der Waals surface area contributed by atoms with E-state index in [-0.39, 0.29) is 16.8 Å². The van der Waals surface area contributed by atoms with Crippen LogP contribution in [0.2, 0.25) is 0 Å². The van der Waals surface area contributed by atoms with Crippen LogP contribution in [-0.4, -0.2) is 22.0 Å². The average molecular weight is 298 g/mol. The molecule has 112 valence electrons. The fourth-order valence-corrected chi connectivity index (χ4v) is 2.98. The lowest BCUT2D eigenvalue weighted by molar-refractivity contribution is -0.122. The molecule has 0 radical (unpaired) electrons. The minimum Gasteiger partial charge on any atom is -0.477 e. The fraction of sp³-hybridized carbons (Fsp3) is 0.643. The normalized spacial score (nSPS) is 13.8. The van der Waals surface area contributed by atoms with E-state index in [0.717, 1.165) is 24.2 Å². The molecule has 0 bridgehead atoms. The monoisotopic (exact) mass is 298 g/mol. The SMILES string of the molecule is CCCC(C)CC(=O)NC(C)c1nc(C)c(C(=O)O)s1. The number of aromatic nitrogens is 1. The molecule has 0 saturated heterocycles. The van der Waals surface area contributed by atoms with E-state index in [1.54, 1.807) is 6.92 Å². The summed E-state index contributed by atoms with van der Waals surface area (Å²) in [6, 6.07) is -0.256. The van der Waals surface area contributed by atoms with E-state index in [1.807, 2.05) is 6.92 Å². The number of nitrogens with zero attached hydrogens (tertiary/aromatic N) is 1. The molecule has 1 rings (SSSR count). The Bertz CT molecular complexity index is 485. The highest BCUT2D eigenvalue weighted by atomic mass is 32.1. The summed E-state index contributed by atoms with van der Waals surface area (Å²) in [4.78, 5) is 27.3. The first-order valence-electron chi connectivity index (χ1n) is 6.85. The van der Waals surface area contributed by atoms with Gasteiger partial charge in [0.25, 0.3) is 0 Å². The Morgan fingerprint density at radius 1 is 1.40 bits per heavy atom. The number of hydrogen-bond acceptors (Lipinski definition) is 4. The molecule has 0 saturated carbocycles. The largest absolute Gasteiger partial charge is 0.477 e. The van der Waals surface area contributed by atoms with Crippen LogP contribution in [0.25, 0.3) is 0 Å². The van der Waals surface area contributed by atoms with Gasteiger partial charge in [0.1, 0.15) is 9.88 Å². The molecule has 0 aliphatic carbocycles. The summed E-state index contributed by atoms with van der Waals surface area (Å²) in [6.45, 7) is 7.65.